The van der Waals surface area contributed by atoms with E-state index in [4.69, 9.17) is 14.2 Å². The fourth-order valence-electron chi connectivity index (χ4n) is 4.46. The van der Waals surface area contributed by atoms with Gasteiger partial charge in [-0.05, 0) is 43.0 Å². The quantitative estimate of drug-likeness (QED) is 0.562. The number of methoxy groups -OCH3 is 1. The number of nitrogens with one attached hydrogen (secondary N) is 1. The van der Waals surface area contributed by atoms with Crippen molar-refractivity contribution in [2.24, 2.45) is 7.05 Å². The Hall–Kier alpha value is -2.34. The monoisotopic (exact) mass is 408 g/mol. The molecular formula is C25H32N2O3. The van der Waals surface area contributed by atoms with Crippen LogP contribution in [0.1, 0.15) is 30.9 Å². The molecule has 0 bridgehead atoms. The highest BCUT2D eigenvalue weighted by Gasteiger charge is 2.22. The van der Waals surface area contributed by atoms with E-state index in [1.807, 2.05) is 6.92 Å². The van der Waals surface area contributed by atoms with Crippen LogP contribution in [0, 0.1) is 0 Å². The molecule has 0 amide bonds. The van der Waals surface area contributed by atoms with Gasteiger partial charge < -0.3 is 24.1 Å². The minimum Gasteiger partial charge on any atom is -0.381 e. The Balaban J connectivity index is 1.89. The van der Waals surface area contributed by atoms with Crippen molar-refractivity contribution >= 4 is 16.6 Å². The molecule has 30 heavy (non-hydrogen) atoms. The van der Waals surface area contributed by atoms with Gasteiger partial charge in [0.05, 0.1) is 30.1 Å². The Morgan fingerprint density at radius 2 is 1.87 bits per heavy atom. The molecule has 0 aliphatic carbocycles. The lowest BCUT2D eigenvalue weighted by Crippen LogP contribution is -2.28. The predicted molar refractivity (Wildman–Crippen MR) is 122 cm³/mol. The predicted octanol–water partition coefficient (Wildman–Crippen LogP) is 5.12. The second kappa shape index (κ2) is 9.65. The smallest absolute Gasteiger partial charge is 0.0740 e. The number of nitrogens with zero attached hydrogens (tertiary/aromatic N) is 1. The SMILES string of the molecule is CCOCc1cc(NC2CCOCC2)c2c(c1)c(COC)c(-c1ccccc1)n2C. The number of hydrogen-bond donors (Lipinski definition) is 1. The first-order chi connectivity index (χ1) is 14.7. The number of fused-ring (bicyclic) bond motifs is 1. The molecule has 5 nitrogen and oxygen atoms in total. The number of benzene rings is 2. The normalized spacial score (nSPS) is 15.0. The van der Waals surface area contributed by atoms with Crippen LogP contribution in [-0.2, 0) is 34.5 Å². The minimum absolute atomic E-state index is 0.422. The van der Waals surface area contributed by atoms with E-state index in [-0.39, 0.29) is 0 Å². The van der Waals surface area contributed by atoms with E-state index < -0.39 is 0 Å². The summed E-state index contributed by atoms with van der Waals surface area (Å²) in [6.45, 7) is 5.54. The Kier molecular flexibility index (Phi) is 6.72. The molecule has 0 unspecified atom stereocenters. The molecule has 1 N–H and O–H groups in total. The molecule has 1 saturated heterocycles. The van der Waals surface area contributed by atoms with Crippen molar-refractivity contribution in [2.45, 2.75) is 39.0 Å². The Bertz CT molecular complexity index is 975. The summed E-state index contributed by atoms with van der Waals surface area (Å²) in [5.74, 6) is 0. The Morgan fingerprint density at radius 1 is 1.10 bits per heavy atom. The second-order valence-electron chi connectivity index (χ2n) is 7.89. The third-order valence-electron chi connectivity index (χ3n) is 5.84. The Labute approximate surface area is 178 Å². The van der Waals surface area contributed by atoms with Crippen molar-refractivity contribution in [3.8, 4) is 11.3 Å². The molecule has 2 heterocycles. The first-order valence-electron chi connectivity index (χ1n) is 10.8. The minimum atomic E-state index is 0.422. The lowest BCUT2D eigenvalue weighted by Gasteiger charge is -2.25. The van der Waals surface area contributed by atoms with Crippen molar-refractivity contribution in [3.63, 3.8) is 0 Å². The van der Waals surface area contributed by atoms with Crippen LogP contribution < -0.4 is 5.32 Å². The average molecular weight is 409 g/mol. The van der Waals surface area contributed by atoms with Gasteiger partial charge in [0.1, 0.15) is 0 Å². The standard InChI is InChI=1S/C25H32N2O3/c1-4-29-16-18-14-21-22(17-28-3)24(19-8-6-5-7-9-19)27(2)25(21)23(15-18)26-20-10-12-30-13-11-20/h5-9,14-15,20,26H,4,10-13,16-17H2,1-3H3. The first kappa shape index (κ1) is 20.9. The van der Waals surface area contributed by atoms with E-state index in [0.717, 1.165) is 31.7 Å². The Morgan fingerprint density at radius 3 is 2.57 bits per heavy atom. The average Bonchev–Trinajstić information content (AvgIpc) is 3.05. The lowest BCUT2D eigenvalue weighted by molar-refractivity contribution is 0.0904. The van der Waals surface area contributed by atoms with Crippen molar-refractivity contribution < 1.29 is 14.2 Å². The van der Waals surface area contributed by atoms with Gasteiger partial charge in [-0.3, -0.25) is 0 Å². The van der Waals surface area contributed by atoms with Gasteiger partial charge in [-0.1, -0.05) is 30.3 Å². The summed E-state index contributed by atoms with van der Waals surface area (Å²) in [5, 5.41) is 5.05. The van der Waals surface area contributed by atoms with E-state index in [0.29, 0.717) is 25.9 Å². The summed E-state index contributed by atoms with van der Waals surface area (Å²) in [7, 11) is 3.92. The molecule has 5 heteroatoms. The summed E-state index contributed by atoms with van der Waals surface area (Å²) in [6, 6.07) is 15.5. The zero-order valence-corrected chi connectivity index (χ0v) is 18.2. The van der Waals surface area contributed by atoms with Gasteiger partial charge in [0.2, 0.25) is 0 Å². The molecule has 0 spiro atoms. The number of rotatable bonds is 8. The zero-order chi connectivity index (χ0) is 20.9. The third-order valence-corrected chi connectivity index (χ3v) is 5.84. The van der Waals surface area contributed by atoms with Crippen LogP contribution in [0.4, 0.5) is 5.69 Å². The summed E-state index contributed by atoms with van der Waals surface area (Å²) < 4.78 is 19.3. The van der Waals surface area contributed by atoms with Gasteiger partial charge in [0.25, 0.3) is 0 Å². The molecule has 1 aliphatic heterocycles. The maximum absolute atomic E-state index is 5.75. The van der Waals surface area contributed by atoms with E-state index in [1.54, 1.807) is 7.11 Å². The van der Waals surface area contributed by atoms with Gasteiger partial charge in [-0.15, -0.1) is 0 Å². The number of aromatic nitrogens is 1. The molecule has 1 fully saturated rings. The van der Waals surface area contributed by atoms with Crippen LogP contribution in [-0.4, -0.2) is 37.5 Å². The molecule has 4 rings (SSSR count). The van der Waals surface area contributed by atoms with Gasteiger partial charge in [-0.2, -0.15) is 0 Å². The molecule has 2 aromatic carbocycles. The van der Waals surface area contributed by atoms with Gasteiger partial charge in [0, 0.05) is 51.0 Å². The van der Waals surface area contributed by atoms with Crippen molar-refractivity contribution in [3.05, 3.63) is 53.6 Å². The second-order valence-corrected chi connectivity index (χ2v) is 7.89. The summed E-state index contributed by atoms with van der Waals surface area (Å²) in [5.41, 5.74) is 7.18. The van der Waals surface area contributed by atoms with Crippen LogP contribution in [0.15, 0.2) is 42.5 Å². The van der Waals surface area contributed by atoms with Gasteiger partial charge in [0.15, 0.2) is 0 Å². The van der Waals surface area contributed by atoms with Crippen LogP contribution in [0.25, 0.3) is 22.2 Å². The number of aryl methyl sites for hydroxylation is 1. The van der Waals surface area contributed by atoms with E-state index in [2.05, 4.69) is 59.4 Å². The largest absolute Gasteiger partial charge is 0.381 e. The van der Waals surface area contributed by atoms with Gasteiger partial charge in [-0.25, -0.2) is 0 Å². The first-order valence-corrected chi connectivity index (χ1v) is 10.8. The van der Waals surface area contributed by atoms with Crippen molar-refractivity contribution in [1.29, 1.82) is 0 Å². The van der Waals surface area contributed by atoms with E-state index in [9.17, 15) is 0 Å². The lowest BCUT2D eigenvalue weighted by atomic mass is 10.0. The van der Waals surface area contributed by atoms with E-state index in [1.165, 1.54) is 33.3 Å². The highest BCUT2D eigenvalue weighted by atomic mass is 16.5. The summed E-state index contributed by atoms with van der Waals surface area (Å²) in [6.07, 6.45) is 2.05. The molecule has 3 aromatic rings. The highest BCUT2D eigenvalue weighted by Crippen LogP contribution is 2.38. The van der Waals surface area contributed by atoms with Crippen LogP contribution in [0.5, 0.6) is 0 Å². The number of anilines is 1. The van der Waals surface area contributed by atoms with E-state index >= 15 is 0 Å². The highest BCUT2D eigenvalue weighted by molar-refractivity contribution is 5.99. The molecule has 0 atom stereocenters. The fourth-order valence-corrected chi connectivity index (χ4v) is 4.46. The van der Waals surface area contributed by atoms with Crippen LogP contribution in [0.2, 0.25) is 0 Å². The van der Waals surface area contributed by atoms with Crippen LogP contribution in [0.3, 0.4) is 0 Å². The van der Waals surface area contributed by atoms with Crippen LogP contribution >= 0.6 is 0 Å². The fraction of sp³-hybridized carbons (Fsp3) is 0.440. The molecule has 1 aromatic heterocycles. The summed E-state index contributed by atoms with van der Waals surface area (Å²) in [4.78, 5) is 0. The van der Waals surface area contributed by atoms with Gasteiger partial charge >= 0.3 is 0 Å². The van der Waals surface area contributed by atoms with Crippen molar-refractivity contribution in [2.75, 3.05) is 32.2 Å². The molecule has 160 valence electrons. The zero-order valence-electron chi connectivity index (χ0n) is 18.2. The van der Waals surface area contributed by atoms with Crippen molar-refractivity contribution in [1.82, 2.24) is 4.57 Å². The topological polar surface area (TPSA) is 44.6 Å². The third kappa shape index (κ3) is 4.24. The molecular weight excluding hydrogens is 376 g/mol. The number of hydrogen-bond acceptors (Lipinski definition) is 4. The summed E-state index contributed by atoms with van der Waals surface area (Å²) >= 11 is 0. The number of ether oxygens (including phenoxy) is 3. The molecule has 1 aliphatic rings. The maximum atomic E-state index is 5.75. The maximum Gasteiger partial charge on any atom is 0.0740 e. The molecule has 0 saturated carbocycles. The molecule has 0 radical (unpaired) electrons.